The second kappa shape index (κ2) is 9.67. The van der Waals surface area contributed by atoms with Crippen LogP contribution in [-0.2, 0) is 5.41 Å². The van der Waals surface area contributed by atoms with Gasteiger partial charge in [0.2, 0.25) is 0 Å². The zero-order valence-corrected chi connectivity index (χ0v) is 25.9. The average Bonchev–Trinajstić information content (AvgIpc) is 3.88. The van der Waals surface area contributed by atoms with Crippen molar-refractivity contribution in [3.63, 3.8) is 0 Å². The van der Waals surface area contributed by atoms with Gasteiger partial charge in [-0.25, -0.2) is 0 Å². The highest BCUT2D eigenvalue weighted by atomic mass is 32.1. The summed E-state index contributed by atoms with van der Waals surface area (Å²) >= 11 is 1.90. The molecule has 1 spiro atoms. The van der Waals surface area contributed by atoms with Crippen molar-refractivity contribution < 1.29 is 0 Å². The molecule has 3 aliphatic carbocycles. The van der Waals surface area contributed by atoms with Gasteiger partial charge in [0.15, 0.2) is 0 Å². The number of anilines is 3. The van der Waals surface area contributed by atoms with Crippen molar-refractivity contribution in [2.45, 2.75) is 31.1 Å². The largest absolute Gasteiger partial charge is 0.310 e. The van der Waals surface area contributed by atoms with Crippen LogP contribution < -0.4 is 4.90 Å². The molecular weight excluding hydrogens is 563 g/mol. The van der Waals surface area contributed by atoms with Crippen LogP contribution in [0.25, 0.3) is 42.4 Å². The third kappa shape index (κ3) is 3.61. The van der Waals surface area contributed by atoms with E-state index in [1.165, 1.54) is 85.2 Å². The van der Waals surface area contributed by atoms with Crippen molar-refractivity contribution in [1.82, 2.24) is 0 Å². The molecule has 3 atom stereocenters. The van der Waals surface area contributed by atoms with Crippen molar-refractivity contribution in [3.05, 3.63) is 151 Å². The minimum absolute atomic E-state index is 0.167. The Hall–Kier alpha value is -4.66. The van der Waals surface area contributed by atoms with E-state index >= 15 is 0 Å². The Morgan fingerprint density at radius 3 is 2.13 bits per heavy atom. The minimum Gasteiger partial charge on any atom is -0.310 e. The SMILES string of the molecule is c1ccc(N(c2ccc(-c3cccc4c3sc3ccccc34)cc2)c2cccc3c2-c2ccccc2C32CC3CCC2C3)cc1. The molecule has 3 unspecified atom stereocenters. The molecule has 10 rings (SSSR count). The molecule has 0 amide bonds. The lowest BCUT2D eigenvalue weighted by molar-refractivity contribution is 0.327. The Bertz CT molecular complexity index is 2240. The normalized spacial score (nSPS) is 21.1. The fraction of sp³-hybridized carbons (Fsp3) is 0.163. The van der Waals surface area contributed by atoms with Gasteiger partial charge in [-0.3, -0.25) is 0 Å². The summed E-state index contributed by atoms with van der Waals surface area (Å²) in [6.07, 6.45) is 5.45. The molecule has 2 bridgehead atoms. The van der Waals surface area contributed by atoms with Crippen LogP contribution in [-0.4, -0.2) is 0 Å². The highest BCUT2D eigenvalue weighted by Crippen LogP contribution is 2.67. The smallest absolute Gasteiger partial charge is 0.0543 e. The highest BCUT2D eigenvalue weighted by molar-refractivity contribution is 7.26. The van der Waals surface area contributed by atoms with E-state index in [1.54, 1.807) is 11.1 Å². The van der Waals surface area contributed by atoms with Gasteiger partial charge in [-0.05, 0) is 95.3 Å². The fourth-order valence-electron chi connectivity index (χ4n) is 9.38. The summed E-state index contributed by atoms with van der Waals surface area (Å²) in [5.41, 5.74) is 12.4. The second-order valence-electron chi connectivity index (χ2n) is 13.3. The first-order valence-corrected chi connectivity index (χ1v) is 17.2. The summed E-state index contributed by atoms with van der Waals surface area (Å²) in [7, 11) is 0. The lowest BCUT2D eigenvalue weighted by atomic mass is 9.67. The van der Waals surface area contributed by atoms with Gasteiger partial charge in [-0.1, -0.05) is 110 Å². The maximum absolute atomic E-state index is 2.49. The Morgan fingerprint density at radius 1 is 0.578 bits per heavy atom. The van der Waals surface area contributed by atoms with E-state index in [-0.39, 0.29) is 5.41 Å². The molecule has 6 aromatic carbocycles. The molecule has 2 heteroatoms. The van der Waals surface area contributed by atoms with Crippen molar-refractivity contribution >= 4 is 48.6 Å². The summed E-state index contributed by atoms with van der Waals surface area (Å²) in [6, 6.07) is 52.2. The molecule has 1 nitrogen and oxygen atoms in total. The molecule has 1 aromatic heterocycles. The summed E-state index contributed by atoms with van der Waals surface area (Å²) in [4.78, 5) is 2.49. The molecule has 3 aliphatic rings. The van der Waals surface area contributed by atoms with E-state index in [9.17, 15) is 0 Å². The molecule has 216 valence electrons. The van der Waals surface area contributed by atoms with Gasteiger partial charge in [-0.2, -0.15) is 0 Å². The summed E-state index contributed by atoms with van der Waals surface area (Å²) in [5, 5.41) is 2.69. The number of fused-ring (bicyclic) bond motifs is 11. The monoisotopic (exact) mass is 595 g/mol. The number of hydrogen-bond acceptors (Lipinski definition) is 2. The molecule has 7 aromatic rings. The van der Waals surface area contributed by atoms with E-state index in [0.717, 1.165) is 11.8 Å². The Morgan fingerprint density at radius 2 is 1.29 bits per heavy atom. The van der Waals surface area contributed by atoms with E-state index in [4.69, 9.17) is 0 Å². The first-order valence-electron chi connectivity index (χ1n) is 16.4. The van der Waals surface area contributed by atoms with E-state index in [0.29, 0.717) is 0 Å². The third-order valence-electron chi connectivity index (χ3n) is 11.1. The number of rotatable bonds is 4. The maximum atomic E-state index is 2.49. The Kier molecular flexibility index (Phi) is 5.51. The Balaban J connectivity index is 1.14. The quantitative estimate of drug-likeness (QED) is 0.196. The first kappa shape index (κ1) is 25.6. The number of nitrogens with zero attached hydrogens (tertiary/aromatic N) is 1. The predicted molar refractivity (Wildman–Crippen MR) is 191 cm³/mol. The number of benzene rings is 6. The third-order valence-corrected chi connectivity index (χ3v) is 12.4. The molecule has 0 radical (unpaired) electrons. The van der Waals surface area contributed by atoms with Crippen molar-refractivity contribution in [3.8, 4) is 22.3 Å². The lowest BCUT2D eigenvalue weighted by Crippen LogP contribution is -2.31. The van der Waals surface area contributed by atoms with E-state index in [1.807, 2.05) is 11.3 Å². The van der Waals surface area contributed by atoms with Crippen molar-refractivity contribution in [2.24, 2.45) is 11.8 Å². The summed E-state index contributed by atoms with van der Waals surface area (Å²) < 4.78 is 2.71. The van der Waals surface area contributed by atoms with Crippen LogP contribution in [0.1, 0.15) is 36.8 Å². The average molecular weight is 596 g/mol. The fourth-order valence-corrected chi connectivity index (χ4v) is 10.6. The van der Waals surface area contributed by atoms with Gasteiger partial charge in [0, 0.05) is 42.5 Å². The molecule has 0 saturated heterocycles. The molecule has 0 N–H and O–H groups in total. The zero-order chi connectivity index (χ0) is 29.5. The van der Waals surface area contributed by atoms with Crippen LogP contribution in [0.2, 0.25) is 0 Å². The number of hydrogen-bond donors (Lipinski definition) is 0. The van der Waals surface area contributed by atoms with Gasteiger partial charge < -0.3 is 4.90 Å². The number of thiophene rings is 1. The van der Waals surface area contributed by atoms with Crippen LogP contribution in [0.3, 0.4) is 0 Å². The van der Waals surface area contributed by atoms with Crippen molar-refractivity contribution in [2.75, 3.05) is 4.90 Å². The van der Waals surface area contributed by atoms with E-state index in [2.05, 4.69) is 144 Å². The van der Waals surface area contributed by atoms with Crippen LogP contribution in [0, 0.1) is 11.8 Å². The molecule has 2 fully saturated rings. The lowest BCUT2D eigenvalue weighted by Gasteiger charge is -2.37. The molecule has 2 saturated carbocycles. The zero-order valence-electron chi connectivity index (χ0n) is 25.1. The summed E-state index contributed by atoms with van der Waals surface area (Å²) in [5.74, 6) is 1.61. The minimum atomic E-state index is 0.167. The molecular formula is C43H33NS. The molecule has 0 aliphatic heterocycles. The van der Waals surface area contributed by atoms with Crippen molar-refractivity contribution in [1.29, 1.82) is 0 Å². The van der Waals surface area contributed by atoms with Gasteiger partial charge in [0.05, 0.1) is 5.69 Å². The van der Waals surface area contributed by atoms with Gasteiger partial charge in [-0.15, -0.1) is 11.3 Å². The molecule has 45 heavy (non-hydrogen) atoms. The standard InChI is InChI=1S/C43H33NS/c1-2-10-31(11-3-1)44(32-24-21-29(22-25-32)33-14-8-15-35-34-12-5-7-19-40(34)45-42(33)35)39-18-9-17-38-41(39)36-13-4-6-16-37(36)43(38)27-28-20-23-30(43)26-28/h1-19,21-22,24-25,28,30H,20,23,26-27H2. The maximum Gasteiger partial charge on any atom is 0.0543 e. The van der Waals surface area contributed by atoms with Gasteiger partial charge in [0.1, 0.15) is 0 Å². The van der Waals surface area contributed by atoms with Crippen LogP contribution in [0.15, 0.2) is 140 Å². The summed E-state index contributed by atoms with van der Waals surface area (Å²) in [6.45, 7) is 0. The second-order valence-corrected chi connectivity index (χ2v) is 14.3. The van der Waals surface area contributed by atoms with Crippen LogP contribution >= 0.6 is 11.3 Å². The van der Waals surface area contributed by atoms with Gasteiger partial charge in [0.25, 0.3) is 0 Å². The molecule has 1 heterocycles. The van der Waals surface area contributed by atoms with Gasteiger partial charge >= 0.3 is 0 Å². The Labute approximate surface area is 268 Å². The predicted octanol–water partition coefficient (Wildman–Crippen LogP) is 12.3. The first-order chi connectivity index (χ1) is 22.3. The van der Waals surface area contributed by atoms with E-state index < -0.39 is 0 Å². The number of para-hydroxylation sites is 1. The van der Waals surface area contributed by atoms with Crippen LogP contribution in [0.4, 0.5) is 17.1 Å². The topological polar surface area (TPSA) is 3.24 Å². The van der Waals surface area contributed by atoms with Crippen LogP contribution in [0.5, 0.6) is 0 Å². The highest BCUT2D eigenvalue weighted by Gasteiger charge is 2.57.